The SMILES string of the molecule is CCC(=O)c1ccc(SCC(=O)c2ccc(Cl)cc2)cc1. The van der Waals surface area contributed by atoms with Crippen molar-refractivity contribution < 1.29 is 9.59 Å². The van der Waals surface area contributed by atoms with Gasteiger partial charge < -0.3 is 0 Å². The first kappa shape index (κ1) is 15.8. The molecule has 0 bridgehead atoms. The third-order valence-corrected chi connectivity index (χ3v) is 4.30. The van der Waals surface area contributed by atoms with Crippen LogP contribution in [0.2, 0.25) is 5.02 Å². The van der Waals surface area contributed by atoms with Gasteiger partial charge in [-0.1, -0.05) is 30.7 Å². The van der Waals surface area contributed by atoms with Crippen LogP contribution in [-0.4, -0.2) is 17.3 Å². The minimum Gasteiger partial charge on any atom is -0.294 e. The normalized spacial score (nSPS) is 10.4. The quantitative estimate of drug-likeness (QED) is 0.560. The highest BCUT2D eigenvalue weighted by Gasteiger charge is 2.07. The molecule has 0 fully saturated rings. The van der Waals surface area contributed by atoms with Crippen LogP contribution >= 0.6 is 23.4 Å². The Morgan fingerprint density at radius 3 is 2.00 bits per heavy atom. The summed E-state index contributed by atoms with van der Waals surface area (Å²) in [6, 6.07) is 14.3. The fourth-order valence-electron chi connectivity index (χ4n) is 1.81. The number of benzene rings is 2. The first-order valence-electron chi connectivity index (χ1n) is 6.65. The average molecular weight is 319 g/mol. The smallest absolute Gasteiger partial charge is 0.173 e. The Hall–Kier alpha value is -1.58. The van der Waals surface area contributed by atoms with E-state index in [-0.39, 0.29) is 11.6 Å². The van der Waals surface area contributed by atoms with Gasteiger partial charge in [0.1, 0.15) is 0 Å². The number of Topliss-reactive ketones (excluding diaryl/α,β-unsaturated/α-hetero) is 2. The third kappa shape index (κ3) is 4.45. The molecule has 0 atom stereocenters. The molecule has 4 heteroatoms. The predicted octanol–water partition coefficient (Wildman–Crippen LogP) is 4.91. The molecule has 0 saturated carbocycles. The summed E-state index contributed by atoms with van der Waals surface area (Å²) in [5.41, 5.74) is 1.37. The number of carbonyl (C=O) groups is 2. The van der Waals surface area contributed by atoms with Gasteiger partial charge in [-0.25, -0.2) is 0 Å². The molecule has 2 rings (SSSR count). The monoisotopic (exact) mass is 318 g/mol. The highest BCUT2D eigenvalue weighted by atomic mass is 35.5. The lowest BCUT2D eigenvalue weighted by Gasteiger charge is -2.03. The van der Waals surface area contributed by atoms with Crippen LogP contribution in [0, 0.1) is 0 Å². The minimum absolute atomic E-state index is 0.0605. The van der Waals surface area contributed by atoms with Crippen LogP contribution in [0.25, 0.3) is 0 Å². The van der Waals surface area contributed by atoms with E-state index in [0.29, 0.717) is 28.3 Å². The molecule has 21 heavy (non-hydrogen) atoms. The largest absolute Gasteiger partial charge is 0.294 e. The van der Waals surface area contributed by atoms with Gasteiger partial charge >= 0.3 is 0 Å². The number of carbonyl (C=O) groups excluding carboxylic acids is 2. The van der Waals surface area contributed by atoms with Gasteiger partial charge in [-0.2, -0.15) is 0 Å². The number of hydrogen-bond donors (Lipinski definition) is 0. The molecule has 0 radical (unpaired) electrons. The van der Waals surface area contributed by atoms with E-state index in [1.54, 1.807) is 36.4 Å². The number of hydrogen-bond acceptors (Lipinski definition) is 3. The zero-order chi connectivity index (χ0) is 15.2. The van der Waals surface area contributed by atoms with Crippen LogP contribution in [0.1, 0.15) is 34.1 Å². The van der Waals surface area contributed by atoms with Gasteiger partial charge in [0.2, 0.25) is 0 Å². The molecule has 0 amide bonds. The Labute approximate surface area is 133 Å². The molecule has 0 N–H and O–H groups in total. The average Bonchev–Trinajstić information content (AvgIpc) is 2.53. The van der Waals surface area contributed by atoms with Gasteiger partial charge in [-0.3, -0.25) is 9.59 Å². The Bertz CT molecular complexity index is 633. The molecule has 2 nitrogen and oxygen atoms in total. The van der Waals surface area contributed by atoms with E-state index in [1.165, 1.54) is 11.8 Å². The van der Waals surface area contributed by atoms with Gasteiger partial charge in [0.15, 0.2) is 11.6 Å². The summed E-state index contributed by atoms with van der Waals surface area (Å²) in [7, 11) is 0. The van der Waals surface area contributed by atoms with Gasteiger partial charge in [0, 0.05) is 27.5 Å². The van der Waals surface area contributed by atoms with Crippen molar-refractivity contribution in [3.63, 3.8) is 0 Å². The summed E-state index contributed by atoms with van der Waals surface area (Å²) in [6.07, 6.45) is 0.502. The molecular formula is C17H15ClO2S. The van der Waals surface area contributed by atoms with Crippen molar-refractivity contribution in [2.75, 3.05) is 5.75 Å². The Kier molecular flexibility index (Phi) is 5.59. The summed E-state index contributed by atoms with van der Waals surface area (Å²) in [4.78, 5) is 24.5. The van der Waals surface area contributed by atoms with Gasteiger partial charge in [-0.05, 0) is 36.4 Å². The molecule has 0 aliphatic carbocycles. The van der Waals surface area contributed by atoms with E-state index in [4.69, 9.17) is 11.6 Å². The second kappa shape index (κ2) is 7.43. The summed E-state index contributed by atoms with van der Waals surface area (Å²) in [5.74, 6) is 0.553. The molecule has 0 aromatic heterocycles. The zero-order valence-corrected chi connectivity index (χ0v) is 13.2. The van der Waals surface area contributed by atoms with Crippen LogP contribution in [0.5, 0.6) is 0 Å². The number of halogens is 1. The maximum absolute atomic E-state index is 12.0. The molecule has 0 spiro atoms. The molecule has 108 valence electrons. The van der Waals surface area contributed by atoms with Crippen LogP contribution in [0.4, 0.5) is 0 Å². The van der Waals surface area contributed by atoms with E-state index in [1.807, 2.05) is 19.1 Å². The van der Waals surface area contributed by atoms with E-state index in [9.17, 15) is 9.59 Å². The maximum atomic E-state index is 12.0. The third-order valence-electron chi connectivity index (χ3n) is 3.03. The molecule has 0 unspecified atom stereocenters. The highest BCUT2D eigenvalue weighted by Crippen LogP contribution is 2.21. The summed E-state index contributed by atoms with van der Waals surface area (Å²) in [5, 5.41) is 0.621. The lowest BCUT2D eigenvalue weighted by molar-refractivity contribution is 0.0986. The summed E-state index contributed by atoms with van der Waals surface area (Å²) >= 11 is 7.26. The maximum Gasteiger partial charge on any atom is 0.173 e. The van der Waals surface area contributed by atoms with Crippen molar-refractivity contribution >= 4 is 34.9 Å². The molecule has 0 saturated heterocycles. The molecule has 2 aromatic carbocycles. The Morgan fingerprint density at radius 2 is 1.43 bits per heavy atom. The number of rotatable bonds is 6. The lowest BCUT2D eigenvalue weighted by atomic mass is 10.1. The Balaban J connectivity index is 1.95. The topological polar surface area (TPSA) is 34.1 Å². The van der Waals surface area contributed by atoms with Crippen molar-refractivity contribution in [1.82, 2.24) is 0 Å². The molecule has 0 heterocycles. The van der Waals surface area contributed by atoms with E-state index >= 15 is 0 Å². The van der Waals surface area contributed by atoms with E-state index < -0.39 is 0 Å². The number of ketones is 2. The molecule has 0 aliphatic rings. The molecular weight excluding hydrogens is 304 g/mol. The highest BCUT2D eigenvalue weighted by molar-refractivity contribution is 8.00. The second-order valence-corrected chi connectivity index (χ2v) is 6.01. The van der Waals surface area contributed by atoms with Crippen molar-refractivity contribution in [3.05, 3.63) is 64.7 Å². The van der Waals surface area contributed by atoms with Crippen LogP contribution in [0.15, 0.2) is 53.4 Å². The van der Waals surface area contributed by atoms with Crippen LogP contribution in [-0.2, 0) is 0 Å². The minimum atomic E-state index is 0.0605. The second-order valence-electron chi connectivity index (χ2n) is 4.52. The van der Waals surface area contributed by atoms with Crippen molar-refractivity contribution in [2.24, 2.45) is 0 Å². The summed E-state index contributed by atoms with van der Waals surface area (Å²) < 4.78 is 0. The fourth-order valence-corrected chi connectivity index (χ4v) is 2.73. The van der Waals surface area contributed by atoms with Crippen molar-refractivity contribution in [2.45, 2.75) is 18.2 Å². The first-order chi connectivity index (χ1) is 10.1. The lowest BCUT2D eigenvalue weighted by Crippen LogP contribution is -2.02. The first-order valence-corrected chi connectivity index (χ1v) is 8.01. The van der Waals surface area contributed by atoms with Crippen molar-refractivity contribution in [1.29, 1.82) is 0 Å². The van der Waals surface area contributed by atoms with Crippen molar-refractivity contribution in [3.8, 4) is 0 Å². The standard InChI is InChI=1S/C17H15ClO2S/c1-2-16(19)12-5-9-15(10-6-12)21-11-17(20)13-3-7-14(18)8-4-13/h3-10H,2,11H2,1H3. The Morgan fingerprint density at radius 1 is 0.905 bits per heavy atom. The van der Waals surface area contributed by atoms with Gasteiger partial charge in [0.05, 0.1) is 5.75 Å². The number of thioether (sulfide) groups is 1. The van der Waals surface area contributed by atoms with E-state index in [2.05, 4.69) is 0 Å². The van der Waals surface area contributed by atoms with Crippen LogP contribution in [0.3, 0.4) is 0 Å². The van der Waals surface area contributed by atoms with Crippen LogP contribution < -0.4 is 0 Å². The molecule has 2 aromatic rings. The van der Waals surface area contributed by atoms with Gasteiger partial charge in [0.25, 0.3) is 0 Å². The van der Waals surface area contributed by atoms with E-state index in [0.717, 1.165) is 4.90 Å². The predicted molar refractivity (Wildman–Crippen MR) is 87.6 cm³/mol. The molecule has 0 aliphatic heterocycles. The zero-order valence-electron chi connectivity index (χ0n) is 11.6. The summed E-state index contributed by atoms with van der Waals surface area (Å²) in [6.45, 7) is 1.84. The fraction of sp³-hybridized carbons (Fsp3) is 0.176. The van der Waals surface area contributed by atoms with Gasteiger partial charge in [-0.15, -0.1) is 11.8 Å².